The van der Waals surface area contributed by atoms with E-state index in [9.17, 15) is 9.59 Å². The van der Waals surface area contributed by atoms with Gasteiger partial charge in [-0.15, -0.1) is 0 Å². The van der Waals surface area contributed by atoms with E-state index in [1.54, 1.807) is 24.3 Å². The Hall–Kier alpha value is -2.04. The number of rotatable bonds is 7. The summed E-state index contributed by atoms with van der Waals surface area (Å²) in [5.74, 6) is -0.128. The van der Waals surface area contributed by atoms with E-state index >= 15 is 0 Å². The van der Waals surface area contributed by atoms with Crippen molar-refractivity contribution in [3.63, 3.8) is 0 Å². The van der Waals surface area contributed by atoms with Gasteiger partial charge in [-0.05, 0) is 43.4 Å². The van der Waals surface area contributed by atoms with Gasteiger partial charge in [0.05, 0.1) is 5.56 Å². The lowest BCUT2D eigenvalue weighted by atomic mass is 10.1. The Kier molecular flexibility index (Phi) is 5.20. The first-order chi connectivity index (χ1) is 10.0. The number of urea groups is 1. The minimum absolute atomic E-state index is 0.134. The molecule has 21 heavy (non-hydrogen) atoms. The molecule has 0 saturated heterocycles. The first-order valence-electron chi connectivity index (χ1n) is 7.41. The third-order valence-electron chi connectivity index (χ3n) is 3.66. The van der Waals surface area contributed by atoms with Crippen LogP contribution in [0.25, 0.3) is 0 Å². The standard InChI is InChI=1S/C16H22N2O3/c1-11(10-13-2-3-13)18-16(21)17-9-8-12-4-6-14(7-5-12)15(19)20/h4-7,11,13H,2-3,8-10H2,1H3,(H,19,20)(H2,17,18,21). The third kappa shape index (κ3) is 5.45. The van der Waals surface area contributed by atoms with Gasteiger partial charge in [-0.1, -0.05) is 25.0 Å². The summed E-state index contributed by atoms with van der Waals surface area (Å²) in [5.41, 5.74) is 1.28. The molecule has 114 valence electrons. The summed E-state index contributed by atoms with van der Waals surface area (Å²) < 4.78 is 0. The smallest absolute Gasteiger partial charge is 0.335 e. The summed E-state index contributed by atoms with van der Waals surface area (Å²) in [5, 5.41) is 14.6. The molecule has 0 bridgehead atoms. The number of carbonyl (C=O) groups excluding carboxylic acids is 1. The van der Waals surface area contributed by atoms with Crippen LogP contribution in [0.2, 0.25) is 0 Å². The summed E-state index contributed by atoms with van der Waals surface area (Å²) >= 11 is 0. The molecule has 2 rings (SSSR count). The van der Waals surface area contributed by atoms with Gasteiger partial charge in [0.2, 0.25) is 0 Å². The number of hydrogen-bond acceptors (Lipinski definition) is 2. The first-order valence-corrected chi connectivity index (χ1v) is 7.41. The highest BCUT2D eigenvalue weighted by atomic mass is 16.4. The molecule has 1 fully saturated rings. The zero-order valence-electron chi connectivity index (χ0n) is 12.3. The molecule has 1 atom stereocenters. The van der Waals surface area contributed by atoms with E-state index in [1.165, 1.54) is 12.8 Å². The molecule has 0 aliphatic heterocycles. The third-order valence-corrected chi connectivity index (χ3v) is 3.66. The molecule has 0 radical (unpaired) electrons. The predicted octanol–water partition coefficient (Wildman–Crippen LogP) is 2.42. The highest BCUT2D eigenvalue weighted by Gasteiger charge is 2.24. The van der Waals surface area contributed by atoms with Gasteiger partial charge >= 0.3 is 12.0 Å². The zero-order valence-corrected chi connectivity index (χ0v) is 12.3. The van der Waals surface area contributed by atoms with Crippen molar-refractivity contribution in [2.75, 3.05) is 6.54 Å². The lowest BCUT2D eigenvalue weighted by molar-refractivity contribution is 0.0697. The maximum atomic E-state index is 11.7. The zero-order chi connectivity index (χ0) is 15.2. The molecule has 2 amide bonds. The molecule has 5 heteroatoms. The van der Waals surface area contributed by atoms with Crippen LogP contribution in [-0.4, -0.2) is 29.7 Å². The van der Waals surface area contributed by atoms with Gasteiger partial charge < -0.3 is 15.7 Å². The Morgan fingerprint density at radius 2 is 1.95 bits per heavy atom. The fourth-order valence-corrected chi connectivity index (χ4v) is 2.32. The van der Waals surface area contributed by atoms with Crippen molar-refractivity contribution in [2.45, 2.75) is 38.6 Å². The van der Waals surface area contributed by atoms with Gasteiger partial charge in [0, 0.05) is 12.6 Å². The number of carboxylic acid groups (broad SMARTS) is 1. The van der Waals surface area contributed by atoms with Crippen LogP contribution in [0.5, 0.6) is 0 Å². The second-order valence-electron chi connectivity index (χ2n) is 5.73. The molecule has 3 N–H and O–H groups in total. The molecule has 0 heterocycles. The summed E-state index contributed by atoms with van der Waals surface area (Å²) in [4.78, 5) is 22.4. The van der Waals surface area contributed by atoms with Gasteiger partial charge in [-0.2, -0.15) is 0 Å². The molecular formula is C16H22N2O3. The lowest BCUT2D eigenvalue weighted by Gasteiger charge is -2.14. The van der Waals surface area contributed by atoms with Gasteiger partial charge in [-0.25, -0.2) is 9.59 Å². The van der Waals surface area contributed by atoms with Crippen molar-refractivity contribution >= 4 is 12.0 Å². The molecule has 1 unspecified atom stereocenters. The van der Waals surface area contributed by atoms with E-state index in [-0.39, 0.29) is 17.6 Å². The normalized spacial score (nSPS) is 15.3. The van der Waals surface area contributed by atoms with Crippen molar-refractivity contribution in [1.29, 1.82) is 0 Å². The minimum atomic E-state index is -0.927. The number of nitrogens with one attached hydrogen (secondary N) is 2. The van der Waals surface area contributed by atoms with Crippen molar-refractivity contribution in [3.05, 3.63) is 35.4 Å². The van der Waals surface area contributed by atoms with E-state index in [2.05, 4.69) is 10.6 Å². The van der Waals surface area contributed by atoms with Gasteiger partial charge in [-0.3, -0.25) is 0 Å². The Morgan fingerprint density at radius 3 is 2.52 bits per heavy atom. The van der Waals surface area contributed by atoms with Crippen LogP contribution in [0.4, 0.5) is 4.79 Å². The summed E-state index contributed by atoms with van der Waals surface area (Å²) in [6, 6.07) is 6.79. The number of carbonyl (C=O) groups is 2. The van der Waals surface area contributed by atoms with Crippen molar-refractivity contribution in [1.82, 2.24) is 10.6 Å². The second kappa shape index (κ2) is 7.11. The maximum Gasteiger partial charge on any atom is 0.335 e. The highest BCUT2D eigenvalue weighted by molar-refractivity contribution is 5.87. The van der Waals surface area contributed by atoms with Crippen LogP contribution in [0, 0.1) is 5.92 Å². The van der Waals surface area contributed by atoms with Crippen LogP contribution in [-0.2, 0) is 6.42 Å². The van der Waals surface area contributed by atoms with Crippen LogP contribution >= 0.6 is 0 Å². The lowest BCUT2D eigenvalue weighted by Crippen LogP contribution is -2.41. The molecule has 1 aromatic carbocycles. The van der Waals surface area contributed by atoms with Gasteiger partial charge in [0.25, 0.3) is 0 Å². The Morgan fingerprint density at radius 1 is 1.29 bits per heavy atom. The fraction of sp³-hybridized carbons (Fsp3) is 0.500. The molecule has 0 aromatic heterocycles. The molecule has 1 aliphatic carbocycles. The quantitative estimate of drug-likeness (QED) is 0.721. The number of benzene rings is 1. The number of amides is 2. The van der Waals surface area contributed by atoms with Crippen molar-refractivity contribution < 1.29 is 14.7 Å². The molecule has 1 aromatic rings. The van der Waals surface area contributed by atoms with E-state index in [1.807, 2.05) is 6.92 Å². The highest BCUT2D eigenvalue weighted by Crippen LogP contribution is 2.33. The van der Waals surface area contributed by atoms with Crippen LogP contribution in [0.1, 0.15) is 42.1 Å². The SMILES string of the molecule is CC(CC1CC1)NC(=O)NCCc1ccc(C(=O)O)cc1. The average molecular weight is 290 g/mol. The molecule has 5 nitrogen and oxygen atoms in total. The van der Waals surface area contributed by atoms with Crippen molar-refractivity contribution in [2.24, 2.45) is 5.92 Å². The van der Waals surface area contributed by atoms with Crippen LogP contribution in [0.15, 0.2) is 24.3 Å². The van der Waals surface area contributed by atoms with E-state index in [4.69, 9.17) is 5.11 Å². The monoisotopic (exact) mass is 290 g/mol. The fourth-order valence-electron chi connectivity index (χ4n) is 2.32. The molecular weight excluding hydrogens is 268 g/mol. The Bertz CT molecular complexity index is 495. The largest absolute Gasteiger partial charge is 0.478 e. The predicted molar refractivity (Wildman–Crippen MR) is 80.4 cm³/mol. The summed E-state index contributed by atoms with van der Waals surface area (Å²) in [7, 11) is 0. The average Bonchev–Trinajstić information content (AvgIpc) is 3.23. The van der Waals surface area contributed by atoms with E-state index < -0.39 is 5.97 Å². The Labute approximate surface area is 124 Å². The van der Waals surface area contributed by atoms with E-state index in [0.29, 0.717) is 13.0 Å². The van der Waals surface area contributed by atoms with Gasteiger partial charge in [0.15, 0.2) is 0 Å². The maximum absolute atomic E-state index is 11.7. The number of aromatic carboxylic acids is 1. The minimum Gasteiger partial charge on any atom is -0.478 e. The first kappa shape index (κ1) is 15.4. The van der Waals surface area contributed by atoms with E-state index in [0.717, 1.165) is 17.9 Å². The summed E-state index contributed by atoms with van der Waals surface area (Å²) in [6.45, 7) is 2.57. The number of carboxylic acids is 1. The van der Waals surface area contributed by atoms with Crippen LogP contribution in [0.3, 0.4) is 0 Å². The molecule has 1 saturated carbocycles. The Balaban J connectivity index is 1.65. The van der Waals surface area contributed by atoms with Gasteiger partial charge in [0.1, 0.15) is 0 Å². The van der Waals surface area contributed by atoms with Crippen molar-refractivity contribution in [3.8, 4) is 0 Å². The molecule has 0 spiro atoms. The summed E-state index contributed by atoms with van der Waals surface area (Å²) in [6.07, 6.45) is 4.33. The number of hydrogen-bond donors (Lipinski definition) is 3. The second-order valence-corrected chi connectivity index (χ2v) is 5.73. The van der Waals surface area contributed by atoms with Crippen LogP contribution < -0.4 is 10.6 Å². The topological polar surface area (TPSA) is 78.4 Å². The molecule has 1 aliphatic rings.